The van der Waals surface area contributed by atoms with Crippen LogP contribution in [0.3, 0.4) is 0 Å². The normalized spacial score (nSPS) is 24.0. The van der Waals surface area contributed by atoms with Crippen molar-refractivity contribution < 1.29 is 39.8 Å². The van der Waals surface area contributed by atoms with Crippen molar-refractivity contribution in [3.05, 3.63) is 11.6 Å². The van der Waals surface area contributed by atoms with Crippen molar-refractivity contribution in [2.45, 2.75) is 204 Å². The maximum absolute atomic E-state index is 11.7. The summed E-state index contributed by atoms with van der Waals surface area (Å²) in [5, 5.41) is 52.1. The molecule has 0 aliphatic carbocycles. The van der Waals surface area contributed by atoms with Gasteiger partial charge in [0.25, 0.3) is 0 Å². The summed E-state index contributed by atoms with van der Waals surface area (Å²) in [6, 6.07) is 0. The molecule has 2 heterocycles. The zero-order valence-corrected chi connectivity index (χ0v) is 27.2. The summed E-state index contributed by atoms with van der Waals surface area (Å²) < 4.78 is 11.1. The second-order valence-corrected chi connectivity index (χ2v) is 13.3. The lowest BCUT2D eigenvalue weighted by Gasteiger charge is -2.23. The molecule has 2 aliphatic rings. The van der Waals surface area contributed by atoms with Gasteiger partial charge >= 0.3 is 5.97 Å². The van der Waals surface area contributed by atoms with Crippen LogP contribution in [-0.4, -0.2) is 80.3 Å². The summed E-state index contributed by atoms with van der Waals surface area (Å²) in [5.41, 5.74) is 0.524. The zero-order chi connectivity index (χ0) is 31.5. The third-order valence-corrected chi connectivity index (χ3v) is 9.19. The Morgan fingerprint density at radius 3 is 1.67 bits per heavy atom. The summed E-state index contributed by atoms with van der Waals surface area (Å²) in [7, 11) is 0. The summed E-state index contributed by atoms with van der Waals surface area (Å²) in [4.78, 5) is 11.7. The van der Waals surface area contributed by atoms with Crippen molar-refractivity contribution in [2.24, 2.45) is 0 Å². The van der Waals surface area contributed by atoms with Crippen molar-refractivity contribution in [2.75, 3.05) is 0 Å². The Morgan fingerprint density at radius 1 is 0.651 bits per heavy atom. The van der Waals surface area contributed by atoms with Crippen LogP contribution < -0.4 is 0 Å². The molecule has 0 aromatic carbocycles. The van der Waals surface area contributed by atoms with E-state index in [1.54, 1.807) is 13.0 Å². The third kappa shape index (κ3) is 16.7. The maximum Gasteiger partial charge on any atom is 0.334 e. The van der Waals surface area contributed by atoms with E-state index in [0.717, 1.165) is 32.1 Å². The standard InChI is InChI=1S/C35H64O8/c1-3-4-5-6-7-8-9-10-11-12-19-31(39)33-22-23-34(43-33)32(40)21-20-29(37)17-13-15-28(36)16-14-18-30(38)25-27-24-26(2)42-35(27)41/h24,26,28-34,36-40H,3-23,25H2,1-2H3/t26-,28?,29?,30+,31+,32+,33+,34+/m0/s1. The van der Waals surface area contributed by atoms with Crippen LogP contribution in [0.15, 0.2) is 11.6 Å². The van der Waals surface area contributed by atoms with E-state index in [1.807, 2.05) is 0 Å². The molecule has 8 nitrogen and oxygen atoms in total. The van der Waals surface area contributed by atoms with E-state index >= 15 is 0 Å². The van der Waals surface area contributed by atoms with E-state index in [4.69, 9.17) is 9.47 Å². The van der Waals surface area contributed by atoms with Gasteiger partial charge in [0, 0.05) is 12.0 Å². The predicted molar refractivity (Wildman–Crippen MR) is 170 cm³/mol. The molecular weight excluding hydrogens is 548 g/mol. The van der Waals surface area contributed by atoms with E-state index in [2.05, 4.69) is 6.92 Å². The van der Waals surface area contributed by atoms with Gasteiger partial charge in [-0.3, -0.25) is 0 Å². The molecule has 0 spiro atoms. The summed E-state index contributed by atoms with van der Waals surface area (Å²) in [6.45, 7) is 4.04. The van der Waals surface area contributed by atoms with Gasteiger partial charge < -0.3 is 35.0 Å². The highest BCUT2D eigenvalue weighted by atomic mass is 16.5. The fourth-order valence-corrected chi connectivity index (χ4v) is 6.44. The van der Waals surface area contributed by atoms with Crippen LogP contribution in [0.2, 0.25) is 0 Å². The largest absolute Gasteiger partial charge is 0.455 e. The molecule has 0 saturated carbocycles. The second kappa shape index (κ2) is 22.5. The first kappa shape index (κ1) is 38.2. The molecular formula is C35H64O8. The van der Waals surface area contributed by atoms with Crippen LogP contribution in [0.25, 0.3) is 0 Å². The minimum Gasteiger partial charge on any atom is -0.455 e. The topological polar surface area (TPSA) is 137 Å². The molecule has 1 saturated heterocycles. The van der Waals surface area contributed by atoms with Crippen LogP contribution in [0.1, 0.15) is 155 Å². The first-order chi connectivity index (χ1) is 20.7. The third-order valence-electron chi connectivity index (χ3n) is 9.19. The van der Waals surface area contributed by atoms with E-state index < -0.39 is 30.5 Å². The van der Waals surface area contributed by atoms with E-state index in [1.165, 1.54) is 51.4 Å². The number of unbranched alkanes of at least 4 members (excludes halogenated alkanes) is 9. The number of esters is 1. The van der Waals surface area contributed by atoms with Crippen LogP contribution in [0.5, 0.6) is 0 Å². The number of cyclic esters (lactones) is 1. The molecule has 43 heavy (non-hydrogen) atoms. The molecule has 8 heteroatoms. The van der Waals surface area contributed by atoms with Crippen molar-refractivity contribution in [3.63, 3.8) is 0 Å². The number of aliphatic hydroxyl groups is 5. The molecule has 0 radical (unpaired) electrons. The number of hydrogen-bond acceptors (Lipinski definition) is 8. The van der Waals surface area contributed by atoms with Crippen molar-refractivity contribution >= 4 is 5.97 Å². The predicted octanol–water partition coefficient (Wildman–Crippen LogP) is 6.03. The second-order valence-electron chi connectivity index (χ2n) is 13.3. The molecule has 0 aromatic heterocycles. The first-order valence-corrected chi connectivity index (χ1v) is 17.7. The molecule has 1 fully saturated rings. The zero-order valence-electron chi connectivity index (χ0n) is 27.2. The van der Waals surface area contributed by atoms with Gasteiger partial charge in [-0.05, 0) is 83.6 Å². The summed E-state index contributed by atoms with van der Waals surface area (Å²) in [5.74, 6) is -0.355. The number of aliphatic hydroxyl groups excluding tert-OH is 5. The Kier molecular flexibility index (Phi) is 19.9. The monoisotopic (exact) mass is 612 g/mol. The highest BCUT2D eigenvalue weighted by molar-refractivity contribution is 5.90. The van der Waals surface area contributed by atoms with E-state index in [9.17, 15) is 30.3 Å². The van der Waals surface area contributed by atoms with Gasteiger partial charge in [0.15, 0.2) is 0 Å². The van der Waals surface area contributed by atoms with E-state index in [-0.39, 0.29) is 30.7 Å². The smallest absolute Gasteiger partial charge is 0.334 e. The minimum absolute atomic E-state index is 0.203. The van der Waals surface area contributed by atoms with Gasteiger partial charge in [-0.15, -0.1) is 0 Å². The minimum atomic E-state index is -0.647. The van der Waals surface area contributed by atoms with Gasteiger partial charge in [-0.1, -0.05) is 71.1 Å². The molecule has 2 unspecified atom stereocenters. The Morgan fingerprint density at radius 2 is 1.14 bits per heavy atom. The number of ether oxygens (including phenoxy) is 2. The number of rotatable bonds is 26. The molecule has 252 valence electrons. The van der Waals surface area contributed by atoms with Crippen molar-refractivity contribution in [1.82, 2.24) is 0 Å². The lowest BCUT2D eigenvalue weighted by Crippen LogP contribution is -2.31. The van der Waals surface area contributed by atoms with Crippen LogP contribution in [0.4, 0.5) is 0 Å². The molecule has 2 aliphatic heterocycles. The highest BCUT2D eigenvalue weighted by Gasteiger charge is 2.34. The summed E-state index contributed by atoms with van der Waals surface area (Å²) >= 11 is 0. The maximum atomic E-state index is 11.7. The number of carbonyl (C=O) groups excluding carboxylic acids is 1. The average molecular weight is 613 g/mol. The fourth-order valence-electron chi connectivity index (χ4n) is 6.44. The quantitative estimate of drug-likeness (QED) is 0.0590. The lowest BCUT2D eigenvalue weighted by molar-refractivity contribution is -0.139. The van der Waals surface area contributed by atoms with Gasteiger partial charge in [0.05, 0.1) is 42.7 Å². The van der Waals surface area contributed by atoms with Gasteiger partial charge in [0.1, 0.15) is 6.10 Å². The highest BCUT2D eigenvalue weighted by Crippen LogP contribution is 2.28. The SMILES string of the molecule is CCCCCCCCCCCC[C@@H](O)[C@H]1CC[C@H]([C@H](O)CCC(O)CCCC(O)CCC[C@@H](O)CC2=C[C@H](C)OC2=O)O1. The molecule has 5 N–H and O–H groups in total. The molecule has 0 amide bonds. The molecule has 8 atom stereocenters. The lowest BCUT2D eigenvalue weighted by atomic mass is 9.98. The van der Waals surface area contributed by atoms with Gasteiger partial charge in [-0.25, -0.2) is 4.79 Å². The van der Waals surface area contributed by atoms with Crippen molar-refractivity contribution in [1.29, 1.82) is 0 Å². The van der Waals surface area contributed by atoms with Gasteiger partial charge in [-0.2, -0.15) is 0 Å². The molecule has 2 rings (SSSR count). The Hall–Kier alpha value is -1.03. The average Bonchev–Trinajstić information content (AvgIpc) is 3.59. The first-order valence-electron chi connectivity index (χ1n) is 17.7. The van der Waals surface area contributed by atoms with Crippen LogP contribution in [-0.2, 0) is 14.3 Å². The van der Waals surface area contributed by atoms with Crippen LogP contribution >= 0.6 is 0 Å². The number of carbonyl (C=O) groups is 1. The Balaban J connectivity index is 1.45. The van der Waals surface area contributed by atoms with Gasteiger partial charge in [0.2, 0.25) is 0 Å². The Labute approximate surface area is 261 Å². The molecule has 0 bridgehead atoms. The molecule has 0 aromatic rings. The Bertz CT molecular complexity index is 758. The number of hydrogen-bond donors (Lipinski definition) is 5. The van der Waals surface area contributed by atoms with Crippen LogP contribution in [0, 0.1) is 0 Å². The van der Waals surface area contributed by atoms with Crippen molar-refractivity contribution in [3.8, 4) is 0 Å². The summed E-state index contributed by atoms with van der Waals surface area (Å²) in [6.07, 6.45) is 18.0. The van der Waals surface area contributed by atoms with E-state index in [0.29, 0.717) is 56.9 Å². The fraction of sp³-hybridized carbons (Fsp3) is 0.914.